The first kappa shape index (κ1) is 20.1. The Balaban J connectivity index is 1.87. The molecule has 1 aliphatic heterocycles. The van der Waals surface area contributed by atoms with Crippen LogP contribution < -0.4 is 16.1 Å². The number of aromatic amines is 1. The number of aryl methyl sites for hydroxylation is 1. The van der Waals surface area contributed by atoms with E-state index in [0.717, 1.165) is 0 Å². The largest absolute Gasteiger partial charge is 0.339 e. The second-order valence-electron chi connectivity index (χ2n) is 7.18. The van der Waals surface area contributed by atoms with Crippen molar-refractivity contribution < 1.29 is 9.18 Å². The Morgan fingerprint density at radius 2 is 1.93 bits per heavy atom. The van der Waals surface area contributed by atoms with Crippen LogP contribution in [0.5, 0.6) is 0 Å². The average Bonchev–Trinajstić information content (AvgIpc) is 3.09. The Kier molecular flexibility index (Phi) is 5.10. The quantitative estimate of drug-likeness (QED) is 0.661. The summed E-state index contributed by atoms with van der Waals surface area (Å²) < 4.78 is 17.3. The van der Waals surface area contributed by atoms with Crippen molar-refractivity contribution >= 4 is 34.6 Å². The molecule has 1 N–H and O–H groups in total. The topological polar surface area (TPSA) is 96.2 Å². The number of nitrogens with one attached hydrogen (secondary N) is 1. The van der Waals surface area contributed by atoms with E-state index in [1.165, 1.54) is 30.7 Å². The molecule has 158 valence electrons. The number of fused-ring (bicyclic) bond motifs is 1. The maximum Gasteiger partial charge on any atom is 0.329 e. The number of hydrogen-bond donors (Lipinski definition) is 1. The van der Waals surface area contributed by atoms with E-state index in [-0.39, 0.29) is 34.2 Å². The van der Waals surface area contributed by atoms with E-state index in [9.17, 15) is 18.8 Å². The SMILES string of the molecule is CC(=O)N1CCN(c2nc3c(c(=O)[nH]c(=O)n3C)n2Cc2c(F)cccc2Cl)CC1. The smallest absolute Gasteiger partial charge is 0.329 e. The van der Waals surface area contributed by atoms with Gasteiger partial charge in [-0.15, -0.1) is 0 Å². The number of piperazine rings is 1. The lowest BCUT2D eigenvalue weighted by Gasteiger charge is -2.35. The fourth-order valence-electron chi connectivity index (χ4n) is 3.68. The first-order chi connectivity index (χ1) is 14.3. The number of anilines is 1. The molecule has 0 atom stereocenters. The monoisotopic (exact) mass is 434 g/mol. The minimum Gasteiger partial charge on any atom is -0.339 e. The molecule has 9 nitrogen and oxygen atoms in total. The molecule has 1 aromatic carbocycles. The van der Waals surface area contributed by atoms with Crippen LogP contribution in [0.4, 0.5) is 10.3 Å². The number of hydrogen-bond acceptors (Lipinski definition) is 5. The number of H-pyrrole nitrogens is 1. The zero-order valence-corrected chi connectivity index (χ0v) is 17.2. The summed E-state index contributed by atoms with van der Waals surface area (Å²) in [5.74, 6) is -0.0997. The van der Waals surface area contributed by atoms with Gasteiger partial charge in [-0.2, -0.15) is 4.98 Å². The zero-order valence-electron chi connectivity index (χ0n) is 16.5. The molecule has 3 heterocycles. The van der Waals surface area contributed by atoms with Crippen LogP contribution in [0.2, 0.25) is 5.02 Å². The molecule has 0 radical (unpaired) electrons. The molecule has 0 unspecified atom stereocenters. The lowest BCUT2D eigenvalue weighted by Crippen LogP contribution is -2.48. The van der Waals surface area contributed by atoms with Gasteiger partial charge in [-0.1, -0.05) is 17.7 Å². The Bertz CT molecular complexity index is 1240. The minimum absolute atomic E-state index is 0.0138. The second kappa shape index (κ2) is 7.60. The second-order valence-corrected chi connectivity index (χ2v) is 7.59. The predicted octanol–water partition coefficient (Wildman–Crippen LogP) is 0.933. The van der Waals surface area contributed by atoms with Gasteiger partial charge in [0, 0.05) is 50.7 Å². The number of nitrogens with zero attached hydrogens (tertiary/aromatic N) is 5. The van der Waals surface area contributed by atoms with Gasteiger partial charge in [0.05, 0.1) is 6.54 Å². The normalized spacial score (nSPS) is 14.5. The van der Waals surface area contributed by atoms with Crippen LogP contribution in [0.25, 0.3) is 11.2 Å². The number of rotatable bonds is 3. The fraction of sp³-hybridized carbons (Fsp3) is 0.368. The van der Waals surface area contributed by atoms with Gasteiger partial charge in [-0.05, 0) is 12.1 Å². The molecular formula is C19H20ClFN6O3. The van der Waals surface area contributed by atoms with E-state index < -0.39 is 17.1 Å². The lowest BCUT2D eigenvalue weighted by atomic mass is 10.2. The van der Waals surface area contributed by atoms with Crippen LogP contribution in [-0.4, -0.2) is 56.1 Å². The highest BCUT2D eigenvalue weighted by Gasteiger charge is 2.26. The van der Waals surface area contributed by atoms with E-state index >= 15 is 0 Å². The van der Waals surface area contributed by atoms with Gasteiger partial charge in [-0.3, -0.25) is 23.7 Å². The van der Waals surface area contributed by atoms with Crippen molar-refractivity contribution in [2.75, 3.05) is 31.1 Å². The molecule has 0 bridgehead atoms. The molecule has 0 saturated carbocycles. The summed E-state index contributed by atoms with van der Waals surface area (Å²) in [7, 11) is 1.51. The van der Waals surface area contributed by atoms with E-state index in [2.05, 4.69) is 9.97 Å². The Hall–Kier alpha value is -3.14. The maximum absolute atomic E-state index is 14.5. The van der Waals surface area contributed by atoms with Crippen LogP contribution in [0.3, 0.4) is 0 Å². The number of amides is 1. The fourth-order valence-corrected chi connectivity index (χ4v) is 3.90. The first-order valence-electron chi connectivity index (χ1n) is 9.41. The van der Waals surface area contributed by atoms with E-state index in [1.807, 2.05) is 4.90 Å². The standard InChI is InChI=1S/C19H20ClFN6O3/c1-11(28)25-6-8-26(9-7-25)18-22-16-15(17(29)23-19(30)24(16)2)27(18)10-12-13(20)4-3-5-14(12)21/h3-5H,6-10H2,1-2H3,(H,23,29,30). The van der Waals surface area contributed by atoms with Crippen molar-refractivity contribution in [1.82, 2.24) is 24.0 Å². The third kappa shape index (κ3) is 3.36. The van der Waals surface area contributed by atoms with Gasteiger partial charge in [0.25, 0.3) is 5.56 Å². The highest BCUT2D eigenvalue weighted by molar-refractivity contribution is 6.31. The molecule has 11 heteroatoms. The number of carbonyl (C=O) groups excluding carboxylic acids is 1. The van der Waals surface area contributed by atoms with Crippen molar-refractivity contribution in [3.05, 3.63) is 55.4 Å². The summed E-state index contributed by atoms with van der Waals surface area (Å²) in [4.78, 5) is 46.8. The van der Waals surface area contributed by atoms with Gasteiger partial charge in [0.15, 0.2) is 11.2 Å². The third-order valence-corrected chi connectivity index (χ3v) is 5.73. The minimum atomic E-state index is -0.610. The number of halogens is 2. The molecule has 1 fully saturated rings. The molecule has 4 rings (SSSR count). The summed E-state index contributed by atoms with van der Waals surface area (Å²) >= 11 is 6.21. The summed E-state index contributed by atoms with van der Waals surface area (Å²) in [5.41, 5.74) is -0.633. The summed E-state index contributed by atoms with van der Waals surface area (Å²) in [6.45, 7) is 3.44. The molecule has 0 aliphatic carbocycles. The first-order valence-corrected chi connectivity index (χ1v) is 9.78. The van der Waals surface area contributed by atoms with Gasteiger partial charge in [0.2, 0.25) is 11.9 Å². The van der Waals surface area contributed by atoms with Crippen LogP contribution in [0, 0.1) is 5.82 Å². The Labute approximate surface area is 175 Å². The number of carbonyl (C=O) groups is 1. The van der Waals surface area contributed by atoms with Crippen molar-refractivity contribution in [1.29, 1.82) is 0 Å². The maximum atomic E-state index is 14.5. The molecule has 2 aromatic heterocycles. The van der Waals surface area contributed by atoms with Crippen LogP contribution >= 0.6 is 11.6 Å². The summed E-state index contributed by atoms with van der Waals surface area (Å²) in [5, 5.41) is 0.227. The molecule has 1 aliphatic rings. The van der Waals surface area contributed by atoms with E-state index in [1.54, 1.807) is 15.5 Å². The van der Waals surface area contributed by atoms with Crippen LogP contribution in [-0.2, 0) is 18.4 Å². The average molecular weight is 435 g/mol. The lowest BCUT2D eigenvalue weighted by molar-refractivity contribution is -0.129. The van der Waals surface area contributed by atoms with E-state index in [4.69, 9.17) is 11.6 Å². The highest BCUT2D eigenvalue weighted by Crippen LogP contribution is 2.26. The predicted molar refractivity (Wildman–Crippen MR) is 111 cm³/mol. The molecule has 1 saturated heterocycles. The van der Waals surface area contributed by atoms with Crippen molar-refractivity contribution in [3.63, 3.8) is 0 Å². The number of imidazole rings is 1. The number of aromatic nitrogens is 4. The molecule has 1 amide bonds. The van der Waals surface area contributed by atoms with Crippen molar-refractivity contribution in [2.45, 2.75) is 13.5 Å². The number of benzene rings is 1. The molecule has 30 heavy (non-hydrogen) atoms. The third-order valence-electron chi connectivity index (χ3n) is 5.37. The summed E-state index contributed by atoms with van der Waals surface area (Å²) in [6.07, 6.45) is 0. The highest BCUT2D eigenvalue weighted by atomic mass is 35.5. The Morgan fingerprint density at radius 3 is 2.57 bits per heavy atom. The van der Waals surface area contributed by atoms with Crippen molar-refractivity contribution in [2.24, 2.45) is 7.05 Å². The van der Waals surface area contributed by atoms with Crippen molar-refractivity contribution in [3.8, 4) is 0 Å². The Morgan fingerprint density at radius 1 is 1.23 bits per heavy atom. The van der Waals surface area contributed by atoms with Gasteiger partial charge >= 0.3 is 5.69 Å². The van der Waals surface area contributed by atoms with Crippen LogP contribution in [0.15, 0.2) is 27.8 Å². The zero-order chi connectivity index (χ0) is 21.6. The van der Waals surface area contributed by atoms with Gasteiger partial charge in [0.1, 0.15) is 5.82 Å². The van der Waals surface area contributed by atoms with E-state index in [0.29, 0.717) is 32.1 Å². The summed E-state index contributed by atoms with van der Waals surface area (Å²) in [6, 6.07) is 4.38. The van der Waals surface area contributed by atoms with Gasteiger partial charge in [-0.25, -0.2) is 9.18 Å². The van der Waals surface area contributed by atoms with Crippen LogP contribution in [0.1, 0.15) is 12.5 Å². The van der Waals surface area contributed by atoms with Gasteiger partial charge < -0.3 is 9.80 Å². The molecule has 0 spiro atoms. The molecular weight excluding hydrogens is 415 g/mol. The molecule has 3 aromatic rings.